The molecule has 102 valence electrons. The molecule has 0 amide bonds. The van der Waals surface area contributed by atoms with E-state index in [4.69, 9.17) is 0 Å². The first-order chi connectivity index (χ1) is 9.86. The number of nitrogens with zero attached hydrogens (tertiary/aromatic N) is 3. The van der Waals surface area contributed by atoms with Crippen molar-refractivity contribution in [3.05, 3.63) is 42.1 Å². The Morgan fingerprint density at radius 1 is 1.20 bits per heavy atom. The van der Waals surface area contributed by atoms with Crippen molar-refractivity contribution in [2.75, 3.05) is 11.9 Å². The van der Waals surface area contributed by atoms with Crippen LogP contribution in [0.3, 0.4) is 0 Å². The molecule has 0 bridgehead atoms. The van der Waals surface area contributed by atoms with Gasteiger partial charge in [-0.25, -0.2) is 0 Å². The molecule has 0 radical (unpaired) electrons. The van der Waals surface area contributed by atoms with E-state index in [1.54, 1.807) is 23.1 Å². The molecule has 0 saturated heterocycles. The van der Waals surface area contributed by atoms with Gasteiger partial charge in [-0.2, -0.15) is 0 Å². The molecular formula is C14H14N4S2. The van der Waals surface area contributed by atoms with Gasteiger partial charge in [0, 0.05) is 23.9 Å². The fraction of sp³-hybridized carbons (Fsp3) is 0.214. The average Bonchev–Trinajstić information content (AvgIpc) is 2.93. The normalized spacial score (nSPS) is 10.8. The summed E-state index contributed by atoms with van der Waals surface area (Å²) < 4.78 is 0.980. The number of pyridine rings is 1. The Morgan fingerprint density at radius 3 is 3.00 bits per heavy atom. The van der Waals surface area contributed by atoms with Crippen molar-refractivity contribution in [2.24, 2.45) is 0 Å². The smallest absolute Gasteiger partial charge is 0.206 e. The lowest BCUT2D eigenvalue weighted by Gasteiger charge is -2.03. The Bertz CT molecular complexity index is 706. The summed E-state index contributed by atoms with van der Waals surface area (Å²) in [6, 6.07) is 10.3. The van der Waals surface area contributed by atoms with E-state index >= 15 is 0 Å². The van der Waals surface area contributed by atoms with Gasteiger partial charge in [-0.1, -0.05) is 47.4 Å². The van der Waals surface area contributed by atoms with Gasteiger partial charge in [0.05, 0.1) is 5.52 Å². The largest absolute Gasteiger partial charge is 0.360 e. The summed E-state index contributed by atoms with van der Waals surface area (Å²) in [7, 11) is 0. The van der Waals surface area contributed by atoms with Gasteiger partial charge in [-0.05, 0) is 18.6 Å². The van der Waals surface area contributed by atoms with Crippen LogP contribution in [0.15, 0.2) is 40.9 Å². The number of anilines is 1. The molecule has 1 aromatic carbocycles. The second-order valence-electron chi connectivity index (χ2n) is 4.18. The predicted octanol–water partition coefficient (Wildman–Crippen LogP) is 3.81. The van der Waals surface area contributed by atoms with Crippen molar-refractivity contribution < 1.29 is 0 Å². The average molecular weight is 302 g/mol. The first-order valence-corrected chi connectivity index (χ1v) is 8.20. The highest BCUT2D eigenvalue weighted by molar-refractivity contribution is 8.00. The van der Waals surface area contributed by atoms with Crippen molar-refractivity contribution >= 4 is 39.1 Å². The number of thioether (sulfide) groups is 1. The molecular weight excluding hydrogens is 288 g/mol. The predicted molar refractivity (Wildman–Crippen MR) is 85.4 cm³/mol. The van der Waals surface area contributed by atoms with Gasteiger partial charge in [0.1, 0.15) is 0 Å². The highest BCUT2D eigenvalue weighted by atomic mass is 32.2. The number of fused-ring (bicyclic) bond motifs is 1. The molecule has 3 rings (SSSR count). The second-order valence-corrected chi connectivity index (χ2v) is 6.38. The molecule has 0 aliphatic rings. The quantitative estimate of drug-likeness (QED) is 0.726. The molecule has 0 aliphatic carbocycles. The zero-order chi connectivity index (χ0) is 13.8. The van der Waals surface area contributed by atoms with Crippen molar-refractivity contribution in [3.8, 4) is 0 Å². The van der Waals surface area contributed by atoms with E-state index in [1.807, 2.05) is 12.3 Å². The monoisotopic (exact) mass is 302 g/mol. The van der Waals surface area contributed by atoms with Crippen LogP contribution in [-0.2, 0) is 5.75 Å². The van der Waals surface area contributed by atoms with Crippen LogP contribution in [-0.4, -0.2) is 21.7 Å². The van der Waals surface area contributed by atoms with E-state index in [2.05, 4.69) is 51.7 Å². The highest BCUT2D eigenvalue weighted by Gasteiger charge is 2.06. The molecule has 2 aromatic heterocycles. The van der Waals surface area contributed by atoms with Gasteiger partial charge >= 0.3 is 0 Å². The van der Waals surface area contributed by atoms with E-state index in [-0.39, 0.29) is 0 Å². The van der Waals surface area contributed by atoms with Crippen LogP contribution in [0.5, 0.6) is 0 Å². The van der Waals surface area contributed by atoms with Gasteiger partial charge in [0.15, 0.2) is 4.34 Å². The Hall–Kier alpha value is -1.66. The summed E-state index contributed by atoms with van der Waals surface area (Å²) >= 11 is 3.29. The molecule has 3 aromatic rings. The van der Waals surface area contributed by atoms with E-state index < -0.39 is 0 Å². The molecule has 20 heavy (non-hydrogen) atoms. The summed E-state index contributed by atoms with van der Waals surface area (Å²) in [6.07, 6.45) is 1.84. The van der Waals surface area contributed by atoms with Crippen LogP contribution in [0, 0.1) is 0 Å². The second kappa shape index (κ2) is 6.19. The molecule has 1 N–H and O–H groups in total. The maximum absolute atomic E-state index is 4.47. The summed E-state index contributed by atoms with van der Waals surface area (Å²) in [5.41, 5.74) is 2.30. The van der Waals surface area contributed by atoms with Crippen molar-refractivity contribution in [1.29, 1.82) is 0 Å². The van der Waals surface area contributed by atoms with E-state index in [0.717, 1.165) is 27.3 Å². The number of hydrogen-bond donors (Lipinski definition) is 1. The van der Waals surface area contributed by atoms with Crippen LogP contribution in [0.2, 0.25) is 0 Å². The summed E-state index contributed by atoms with van der Waals surface area (Å²) in [5, 5.41) is 13.5. The lowest BCUT2D eigenvalue weighted by atomic mass is 10.1. The molecule has 0 spiro atoms. The number of aromatic nitrogens is 3. The third-order valence-electron chi connectivity index (χ3n) is 2.80. The summed E-state index contributed by atoms with van der Waals surface area (Å²) in [6.45, 7) is 2.92. The number of para-hydroxylation sites is 1. The first kappa shape index (κ1) is 13.3. The fourth-order valence-electron chi connectivity index (χ4n) is 1.91. The standard InChI is InChI=1S/C14H14N4S2/c1-2-15-13-17-18-14(20-13)19-9-11-6-3-5-10-7-4-8-16-12(10)11/h3-8H,2,9H2,1H3,(H,15,17). The Morgan fingerprint density at radius 2 is 2.10 bits per heavy atom. The summed E-state index contributed by atoms with van der Waals surface area (Å²) in [5.74, 6) is 0.856. The Kier molecular flexibility index (Phi) is 4.13. The molecule has 0 unspecified atom stereocenters. The minimum atomic E-state index is 0.856. The topological polar surface area (TPSA) is 50.7 Å². The summed E-state index contributed by atoms with van der Waals surface area (Å²) in [4.78, 5) is 4.47. The Balaban J connectivity index is 1.76. The van der Waals surface area contributed by atoms with Crippen LogP contribution in [0.25, 0.3) is 10.9 Å². The molecule has 0 aliphatic heterocycles. The van der Waals surface area contributed by atoms with Gasteiger partial charge in [-0.3, -0.25) is 4.98 Å². The van der Waals surface area contributed by atoms with Gasteiger partial charge in [-0.15, -0.1) is 10.2 Å². The maximum Gasteiger partial charge on any atom is 0.206 e. The third kappa shape index (κ3) is 2.91. The lowest BCUT2D eigenvalue weighted by molar-refractivity contribution is 1.00. The first-order valence-electron chi connectivity index (χ1n) is 6.39. The molecule has 2 heterocycles. The van der Waals surface area contributed by atoms with Crippen LogP contribution >= 0.6 is 23.1 Å². The van der Waals surface area contributed by atoms with Gasteiger partial charge in [0.2, 0.25) is 5.13 Å². The zero-order valence-electron chi connectivity index (χ0n) is 11.0. The number of hydrogen-bond acceptors (Lipinski definition) is 6. The Labute approximate surface area is 125 Å². The number of benzene rings is 1. The zero-order valence-corrected chi connectivity index (χ0v) is 12.7. The van der Waals surface area contributed by atoms with E-state index in [9.17, 15) is 0 Å². The minimum Gasteiger partial charge on any atom is -0.360 e. The molecule has 0 atom stereocenters. The fourth-order valence-corrected chi connectivity index (χ4v) is 3.72. The van der Waals surface area contributed by atoms with Crippen LogP contribution < -0.4 is 5.32 Å². The maximum atomic E-state index is 4.47. The number of nitrogens with one attached hydrogen (secondary N) is 1. The van der Waals surface area contributed by atoms with Gasteiger partial charge < -0.3 is 5.32 Å². The SMILES string of the molecule is CCNc1nnc(SCc2cccc3cccnc23)s1. The molecule has 4 nitrogen and oxygen atoms in total. The lowest BCUT2D eigenvalue weighted by Crippen LogP contribution is -1.94. The van der Waals surface area contributed by atoms with Crippen molar-refractivity contribution in [2.45, 2.75) is 17.0 Å². The van der Waals surface area contributed by atoms with Crippen LogP contribution in [0.4, 0.5) is 5.13 Å². The van der Waals surface area contributed by atoms with Crippen molar-refractivity contribution in [3.63, 3.8) is 0 Å². The van der Waals surface area contributed by atoms with E-state index in [1.165, 1.54) is 10.9 Å². The third-order valence-corrected chi connectivity index (χ3v) is 4.86. The van der Waals surface area contributed by atoms with Gasteiger partial charge in [0.25, 0.3) is 0 Å². The van der Waals surface area contributed by atoms with Crippen LogP contribution in [0.1, 0.15) is 12.5 Å². The molecule has 0 saturated carbocycles. The highest BCUT2D eigenvalue weighted by Crippen LogP contribution is 2.29. The minimum absolute atomic E-state index is 0.856. The van der Waals surface area contributed by atoms with E-state index in [0.29, 0.717) is 0 Å². The molecule has 0 fully saturated rings. The number of rotatable bonds is 5. The molecule has 6 heteroatoms. The van der Waals surface area contributed by atoms with Crippen molar-refractivity contribution in [1.82, 2.24) is 15.2 Å².